The summed E-state index contributed by atoms with van der Waals surface area (Å²) in [5.74, 6) is -1.67. The van der Waals surface area contributed by atoms with Crippen LogP contribution in [0.3, 0.4) is 0 Å². The molecule has 6 heteroatoms. The number of nitrogens with one attached hydrogen (secondary N) is 2. The van der Waals surface area contributed by atoms with Gasteiger partial charge in [0.15, 0.2) is 0 Å². The molecule has 2 amide bonds. The maximum absolute atomic E-state index is 13.5. The largest absolute Gasteiger partial charge is 0.329 e. The predicted molar refractivity (Wildman–Crippen MR) is 83.0 cm³/mol. The van der Waals surface area contributed by atoms with Crippen molar-refractivity contribution in [2.45, 2.75) is 19.4 Å². The zero-order valence-corrected chi connectivity index (χ0v) is 12.8. The maximum Gasteiger partial charge on any atom is 0.320 e. The SMILES string of the molecule is CC(C)(NC(=O)Nc1c(F)cccc1F)c1ccc(Cl)cc1. The fourth-order valence-corrected chi connectivity index (χ4v) is 2.11. The van der Waals surface area contributed by atoms with E-state index in [0.29, 0.717) is 5.02 Å². The Hall–Kier alpha value is -2.14. The molecule has 0 aromatic heterocycles. The Morgan fingerprint density at radius 1 is 1.05 bits per heavy atom. The Bertz CT molecular complexity index is 667. The third kappa shape index (κ3) is 3.74. The molecule has 22 heavy (non-hydrogen) atoms. The Balaban J connectivity index is 2.12. The van der Waals surface area contributed by atoms with E-state index in [1.807, 2.05) is 0 Å². The van der Waals surface area contributed by atoms with E-state index >= 15 is 0 Å². The van der Waals surface area contributed by atoms with Gasteiger partial charge >= 0.3 is 6.03 Å². The number of halogens is 3. The van der Waals surface area contributed by atoms with Crippen molar-refractivity contribution < 1.29 is 13.6 Å². The lowest BCUT2D eigenvalue weighted by Gasteiger charge is -2.27. The van der Waals surface area contributed by atoms with Crippen molar-refractivity contribution in [3.05, 3.63) is 64.7 Å². The van der Waals surface area contributed by atoms with Crippen molar-refractivity contribution >= 4 is 23.3 Å². The van der Waals surface area contributed by atoms with Crippen molar-refractivity contribution in [2.24, 2.45) is 0 Å². The topological polar surface area (TPSA) is 41.1 Å². The second kappa shape index (κ2) is 6.32. The number of rotatable bonds is 3. The van der Waals surface area contributed by atoms with Gasteiger partial charge in [-0.05, 0) is 43.7 Å². The number of hydrogen-bond acceptors (Lipinski definition) is 1. The van der Waals surface area contributed by atoms with Crippen molar-refractivity contribution in [1.82, 2.24) is 5.32 Å². The molecule has 0 saturated carbocycles. The highest BCUT2D eigenvalue weighted by Crippen LogP contribution is 2.23. The van der Waals surface area contributed by atoms with Gasteiger partial charge in [-0.1, -0.05) is 29.8 Å². The molecule has 0 heterocycles. The molecule has 116 valence electrons. The monoisotopic (exact) mass is 324 g/mol. The minimum Gasteiger partial charge on any atom is -0.329 e. The van der Waals surface area contributed by atoms with Crippen LogP contribution in [0.4, 0.5) is 19.3 Å². The minimum atomic E-state index is -0.834. The number of urea groups is 1. The van der Waals surface area contributed by atoms with Gasteiger partial charge in [-0.25, -0.2) is 13.6 Å². The highest BCUT2D eigenvalue weighted by atomic mass is 35.5. The first-order chi connectivity index (χ1) is 10.3. The third-order valence-electron chi connectivity index (χ3n) is 3.19. The van der Waals surface area contributed by atoms with Crippen LogP contribution in [0.2, 0.25) is 5.02 Å². The van der Waals surface area contributed by atoms with Crippen molar-refractivity contribution in [1.29, 1.82) is 0 Å². The lowest BCUT2D eigenvalue weighted by atomic mass is 9.94. The summed E-state index contributed by atoms with van der Waals surface area (Å²) in [6, 6.07) is 9.61. The molecule has 0 aliphatic carbocycles. The van der Waals surface area contributed by atoms with Crippen molar-refractivity contribution in [3.63, 3.8) is 0 Å². The van der Waals surface area contributed by atoms with E-state index in [-0.39, 0.29) is 0 Å². The van der Waals surface area contributed by atoms with Crippen molar-refractivity contribution in [2.75, 3.05) is 5.32 Å². The molecule has 0 aliphatic rings. The molecule has 2 rings (SSSR count). The zero-order chi connectivity index (χ0) is 16.3. The van der Waals surface area contributed by atoms with Crippen LogP contribution >= 0.6 is 11.6 Å². The van der Waals surface area contributed by atoms with Gasteiger partial charge in [-0.15, -0.1) is 0 Å². The van der Waals surface area contributed by atoms with Crippen LogP contribution in [-0.2, 0) is 5.54 Å². The average Bonchev–Trinajstić information content (AvgIpc) is 2.43. The maximum atomic E-state index is 13.5. The number of hydrogen-bond donors (Lipinski definition) is 2. The first-order valence-electron chi connectivity index (χ1n) is 6.59. The molecule has 2 aromatic carbocycles. The van der Waals surface area contributed by atoms with E-state index in [1.54, 1.807) is 38.1 Å². The highest BCUT2D eigenvalue weighted by molar-refractivity contribution is 6.30. The number of amides is 2. The van der Waals surface area contributed by atoms with Crippen LogP contribution < -0.4 is 10.6 Å². The zero-order valence-electron chi connectivity index (χ0n) is 12.1. The molecule has 0 spiro atoms. The highest BCUT2D eigenvalue weighted by Gasteiger charge is 2.23. The van der Waals surface area contributed by atoms with Gasteiger partial charge in [0.25, 0.3) is 0 Å². The van der Waals surface area contributed by atoms with Crippen LogP contribution in [0, 0.1) is 11.6 Å². The summed E-state index contributed by atoms with van der Waals surface area (Å²) in [5.41, 5.74) is -0.413. The van der Waals surface area contributed by atoms with Crippen LogP contribution in [0.25, 0.3) is 0 Å². The molecule has 3 nitrogen and oxygen atoms in total. The fraction of sp³-hybridized carbons (Fsp3) is 0.188. The fourth-order valence-electron chi connectivity index (χ4n) is 1.98. The standard InChI is InChI=1S/C16H15ClF2N2O/c1-16(2,10-6-8-11(17)9-7-10)21-15(22)20-14-12(18)4-3-5-13(14)19/h3-9H,1-2H3,(H2,20,21,22). The van der Waals surface area contributed by atoms with Gasteiger partial charge in [-0.2, -0.15) is 0 Å². The third-order valence-corrected chi connectivity index (χ3v) is 3.45. The molecule has 0 unspecified atom stereocenters. The number of carbonyl (C=O) groups excluding carboxylic acids is 1. The van der Waals surface area contributed by atoms with Gasteiger partial charge in [-0.3, -0.25) is 0 Å². The van der Waals surface area contributed by atoms with E-state index in [2.05, 4.69) is 10.6 Å². The summed E-state index contributed by atoms with van der Waals surface area (Å²) < 4.78 is 27.0. The summed E-state index contributed by atoms with van der Waals surface area (Å²) in [7, 11) is 0. The molecule has 0 saturated heterocycles. The normalized spacial score (nSPS) is 11.1. The van der Waals surface area contributed by atoms with Crippen LogP contribution in [-0.4, -0.2) is 6.03 Å². The van der Waals surface area contributed by atoms with Crippen LogP contribution in [0.1, 0.15) is 19.4 Å². The first-order valence-corrected chi connectivity index (χ1v) is 6.96. The van der Waals surface area contributed by atoms with Gasteiger partial charge < -0.3 is 10.6 Å². The Morgan fingerprint density at radius 2 is 1.59 bits per heavy atom. The number of benzene rings is 2. The van der Waals surface area contributed by atoms with Crippen LogP contribution in [0.5, 0.6) is 0 Å². The average molecular weight is 325 g/mol. The summed E-state index contributed by atoms with van der Waals surface area (Å²) in [6.45, 7) is 3.54. The molecule has 0 atom stereocenters. The van der Waals surface area contributed by atoms with E-state index in [1.165, 1.54) is 6.07 Å². The quantitative estimate of drug-likeness (QED) is 0.846. The first kappa shape index (κ1) is 16.2. The Morgan fingerprint density at radius 3 is 2.14 bits per heavy atom. The lowest BCUT2D eigenvalue weighted by molar-refractivity contribution is 0.241. The molecule has 0 fully saturated rings. The van der Waals surface area contributed by atoms with E-state index < -0.39 is 28.9 Å². The summed E-state index contributed by atoms with van der Waals surface area (Å²) in [5, 5.41) is 5.44. The minimum absolute atomic E-state index is 0.480. The number of anilines is 1. The molecule has 0 bridgehead atoms. The second-order valence-electron chi connectivity index (χ2n) is 5.31. The van der Waals surface area contributed by atoms with Gasteiger partial charge in [0.05, 0.1) is 5.54 Å². The molecular formula is C16H15ClF2N2O. The Labute approximate surface area is 132 Å². The molecule has 0 radical (unpaired) electrons. The van der Waals surface area contributed by atoms with Crippen LogP contribution in [0.15, 0.2) is 42.5 Å². The predicted octanol–water partition coefficient (Wildman–Crippen LogP) is 4.68. The molecular weight excluding hydrogens is 310 g/mol. The summed E-state index contributed by atoms with van der Waals surface area (Å²) in [4.78, 5) is 12.0. The van der Waals surface area contributed by atoms with Gasteiger partial charge in [0, 0.05) is 5.02 Å². The molecule has 0 aliphatic heterocycles. The van der Waals surface area contributed by atoms with E-state index in [9.17, 15) is 13.6 Å². The second-order valence-corrected chi connectivity index (χ2v) is 5.74. The summed E-state index contributed by atoms with van der Waals surface area (Å²) >= 11 is 5.83. The lowest BCUT2D eigenvalue weighted by Crippen LogP contribution is -2.43. The smallest absolute Gasteiger partial charge is 0.320 e. The van der Waals surface area contributed by atoms with Gasteiger partial charge in [0.2, 0.25) is 0 Å². The van der Waals surface area contributed by atoms with E-state index in [0.717, 1.165) is 17.7 Å². The molecule has 2 N–H and O–H groups in total. The van der Waals surface area contributed by atoms with Gasteiger partial charge in [0.1, 0.15) is 17.3 Å². The summed E-state index contributed by atoms with van der Waals surface area (Å²) in [6.07, 6.45) is 0. The molecule has 2 aromatic rings. The number of para-hydroxylation sites is 1. The van der Waals surface area contributed by atoms with Crippen molar-refractivity contribution in [3.8, 4) is 0 Å². The number of carbonyl (C=O) groups is 1. The Kier molecular flexibility index (Phi) is 4.66. The van der Waals surface area contributed by atoms with E-state index in [4.69, 9.17) is 11.6 Å².